The molecule has 11 heteroatoms. The molecule has 1 aromatic heterocycles. The van der Waals surface area contributed by atoms with E-state index in [0.29, 0.717) is 22.7 Å². The predicted molar refractivity (Wildman–Crippen MR) is 139 cm³/mol. The van der Waals surface area contributed by atoms with E-state index in [2.05, 4.69) is 9.98 Å². The van der Waals surface area contributed by atoms with Crippen molar-refractivity contribution in [2.45, 2.75) is 4.90 Å². The van der Waals surface area contributed by atoms with E-state index < -0.39 is 25.6 Å². The highest BCUT2D eigenvalue weighted by Crippen LogP contribution is 2.29. The zero-order valence-electron chi connectivity index (χ0n) is 18.8. The number of halogens is 1. The zero-order valence-corrected chi connectivity index (χ0v) is 20.4. The molecule has 0 N–H and O–H groups in total. The van der Waals surface area contributed by atoms with E-state index in [4.69, 9.17) is 20.2 Å². The van der Waals surface area contributed by atoms with Crippen LogP contribution in [-0.2, 0) is 10.1 Å². The monoisotopic (exact) mass is 533 g/mol. The molecule has 5 aromatic rings. The standard InChI is InChI=1S/C26H16ClN3O6S/c27-22-14-11-20(30(31)32)15-25(22)37(33,34)36-21-12-5-17(6-13-21)16-28-19-9-7-18(8-10-19)26-29-23-3-1-2-4-24(23)35-26/h1-16H. The summed E-state index contributed by atoms with van der Waals surface area (Å²) >= 11 is 5.93. The third-order valence-corrected chi connectivity index (χ3v) is 6.98. The number of fused-ring (bicyclic) bond motifs is 1. The molecule has 0 aliphatic heterocycles. The molecule has 9 nitrogen and oxygen atoms in total. The minimum atomic E-state index is -4.39. The molecular formula is C26H16ClN3O6S. The van der Waals surface area contributed by atoms with E-state index in [1.54, 1.807) is 18.3 Å². The van der Waals surface area contributed by atoms with Gasteiger partial charge >= 0.3 is 10.1 Å². The van der Waals surface area contributed by atoms with E-state index in [1.807, 2.05) is 48.5 Å². The molecule has 1 heterocycles. The normalized spacial score (nSPS) is 11.7. The van der Waals surface area contributed by atoms with Gasteiger partial charge < -0.3 is 8.60 Å². The fourth-order valence-electron chi connectivity index (χ4n) is 3.41. The predicted octanol–water partition coefficient (Wildman–Crippen LogP) is 6.57. The number of aliphatic imine (C=N–C) groups is 1. The molecule has 0 bridgehead atoms. The summed E-state index contributed by atoms with van der Waals surface area (Å²) in [6.45, 7) is 0. The Morgan fingerprint density at radius 3 is 2.41 bits per heavy atom. The number of oxazole rings is 1. The van der Waals surface area contributed by atoms with Crippen molar-refractivity contribution in [2.24, 2.45) is 4.99 Å². The van der Waals surface area contributed by atoms with Gasteiger partial charge in [-0.05, 0) is 72.3 Å². The third kappa shape index (κ3) is 5.35. The van der Waals surface area contributed by atoms with Crippen molar-refractivity contribution >= 4 is 50.4 Å². The first-order valence-electron chi connectivity index (χ1n) is 10.8. The minimum absolute atomic E-state index is 0.0161. The van der Waals surface area contributed by atoms with E-state index >= 15 is 0 Å². The maximum absolute atomic E-state index is 12.6. The van der Waals surface area contributed by atoms with E-state index in [9.17, 15) is 18.5 Å². The summed E-state index contributed by atoms with van der Waals surface area (Å²) in [4.78, 5) is 18.7. The maximum atomic E-state index is 12.6. The number of hydrogen-bond acceptors (Lipinski definition) is 8. The molecule has 0 radical (unpaired) electrons. The molecule has 0 unspecified atom stereocenters. The van der Waals surface area contributed by atoms with Crippen LogP contribution in [0.25, 0.3) is 22.6 Å². The van der Waals surface area contributed by atoms with Crippen molar-refractivity contribution in [3.05, 3.63) is 112 Å². The molecule has 0 spiro atoms. The summed E-state index contributed by atoms with van der Waals surface area (Å²) in [5.41, 5.74) is 3.30. The number of nitro benzene ring substituents is 1. The van der Waals surface area contributed by atoms with Crippen LogP contribution in [0.1, 0.15) is 5.56 Å². The first-order valence-corrected chi connectivity index (χ1v) is 12.6. The minimum Gasteiger partial charge on any atom is -0.436 e. The number of non-ortho nitro benzene ring substituents is 1. The molecule has 184 valence electrons. The van der Waals surface area contributed by atoms with Crippen LogP contribution in [0.15, 0.2) is 105 Å². The lowest BCUT2D eigenvalue weighted by Gasteiger charge is -2.08. The average Bonchev–Trinajstić information content (AvgIpc) is 3.33. The SMILES string of the molecule is O=[N+]([O-])c1ccc(Cl)c(S(=O)(=O)Oc2ccc(C=Nc3ccc(-c4nc5ccccc5o4)cc3)cc2)c1. The van der Waals surface area contributed by atoms with Gasteiger partial charge in [0.15, 0.2) is 5.58 Å². The molecule has 0 amide bonds. The first kappa shape index (κ1) is 24.2. The summed E-state index contributed by atoms with van der Waals surface area (Å²) in [5.74, 6) is 0.538. The van der Waals surface area contributed by atoms with E-state index in [-0.39, 0.29) is 10.8 Å². The van der Waals surface area contributed by atoms with Crippen LogP contribution in [0, 0.1) is 10.1 Å². The lowest BCUT2D eigenvalue weighted by atomic mass is 10.2. The lowest BCUT2D eigenvalue weighted by Crippen LogP contribution is -2.10. The Hall–Kier alpha value is -4.54. The zero-order chi connectivity index (χ0) is 26.0. The number of para-hydroxylation sites is 2. The highest BCUT2D eigenvalue weighted by atomic mass is 35.5. The Balaban J connectivity index is 1.27. The summed E-state index contributed by atoms with van der Waals surface area (Å²) in [6.07, 6.45) is 1.62. The van der Waals surface area contributed by atoms with Gasteiger partial charge in [0.05, 0.1) is 15.6 Å². The molecule has 5 rings (SSSR count). The van der Waals surface area contributed by atoms with Gasteiger partial charge in [-0.15, -0.1) is 0 Å². The molecule has 0 fully saturated rings. The number of rotatable bonds is 7. The summed E-state index contributed by atoms with van der Waals surface area (Å²) in [5, 5.41) is 10.8. The van der Waals surface area contributed by atoms with Gasteiger partial charge in [-0.25, -0.2) is 4.98 Å². The second kappa shape index (κ2) is 9.84. The number of benzene rings is 4. The Kier molecular flexibility index (Phi) is 6.43. The average molecular weight is 534 g/mol. The summed E-state index contributed by atoms with van der Waals surface area (Å²) in [7, 11) is -4.39. The molecular weight excluding hydrogens is 518 g/mol. The number of aromatic nitrogens is 1. The smallest absolute Gasteiger partial charge is 0.340 e. The molecule has 4 aromatic carbocycles. The lowest BCUT2D eigenvalue weighted by molar-refractivity contribution is -0.385. The Morgan fingerprint density at radius 1 is 0.973 bits per heavy atom. The topological polar surface area (TPSA) is 125 Å². The molecule has 0 atom stereocenters. The summed E-state index contributed by atoms with van der Waals surface area (Å²) in [6, 6.07) is 24.1. The fraction of sp³-hybridized carbons (Fsp3) is 0. The van der Waals surface area contributed by atoms with Crippen LogP contribution in [0.2, 0.25) is 5.02 Å². The molecule has 37 heavy (non-hydrogen) atoms. The van der Waals surface area contributed by atoms with Gasteiger partial charge in [-0.1, -0.05) is 23.7 Å². The first-order chi connectivity index (χ1) is 17.8. The maximum Gasteiger partial charge on any atom is 0.340 e. The van der Waals surface area contributed by atoms with Crippen molar-refractivity contribution < 1.29 is 21.9 Å². The second-order valence-corrected chi connectivity index (χ2v) is 9.69. The van der Waals surface area contributed by atoms with Gasteiger partial charge in [-0.2, -0.15) is 8.42 Å². The number of nitro groups is 1. The van der Waals surface area contributed by atoms with Crippen molar-refractivity contribution in [1.29, 1.82) is 0 Å². The van der Waals surface area contributed by atoms with Gasteiger partial charge in [0.2, 0.25) is 5.89 Å². The third-order valence-electron chi connectivity index (χ3n) is 5.25. The van der Waals surface area contributed by atoms with E-state index in [1.165, 1.54) is 12.1 Å². The van der Waals surface area contributed by atoms with Crippen LogP contribution >= 0.6 is 11.6 Å². The quantitative estimate of drug-likeness (QED) is 0.100. The van der Waals surface area contributed by atoms with Gasteiger partial charge in [0, 0.05) is 23.9 Å². The molecule has 0 saturated heterocycles. The fourth-order valence-corrected chi connectivity index (χ4v) is 4.84. The van der Waals surface area contributed by atoms with E-state index in [0.717, 1.165) is 29.3 Å². The van der Waals surface area contributed by atoms with Crippen LogP contribution in [0.4, 0.5) is 11.4 Å². The summed E-state index contributed by atoms with van der Waals surface area (Å²) < 4.78 is 36.1. The second-order valence-electron chi connectivity index (χ2n) is 7.77. The largest absolute Gasteiger partial charge is 0.436 e. The highest BCUT2D eigenvalue weighted by Gasteiger charge is 2.23. The molecule has 0 saturated carbocycles. The Labute approximate surface area is 215 Å². The molecule has 0 aliphatic carbocycles. The Morgan fingerprint density at radius 2 is 1.70 bits per heavy atom. The van der Waals surface area contributed by atoms with Crippen molar-refractivity contribution in [3.8, 4) is 17.2 Å². The van der Waals surface area contributed by atoms with Gasteiger partial charge in [0.1, 0.15) is 16.2 Å². The highest BCUT2D eigenvalue weighted by molar-refractivity contribution is 7.87. The van der Waals surface area contributed by atoms with Crippen molar-refractivity contribution in [2.75, 3.05) is 0 Å². The van der Waals surface area contributed by atoms with Crippen LogP contribution in [0.5, 0.6) is 5.75 Å². The van der Waals surface area contributed by atoms with Crippen LogP contribution < -0.4 is 4.18 Å². The Bertz CT molecular complexity index is 1710. The van der Waals surface area contributed by atoms with Crippen LogP contribution in [0.3, 0.4) is 0 Å². The number of nitrogens with zero attached hydrogens (tertiary/aromatic N) is 3. The van der Waals surface area contributed by atoms with Gasteiger partial charge in [0.25, 0.3) is 5.69 Å². The van der Waals surface area contributed by atoms with Crippen LogP contribution in [-0.4, -0.2) is 24.5 Å². The van der Waals surface area contributed by atoms with Gasteiger partial charge in [-0.3, -0.25) is 15.1 Å². The van der Waals surface area contributed by atoms with Crippen molar-refractivity contribution in [1.82, 2.24) is 4.98 Å². The molecule has 0 aliphatic rings. The van der Waals surface area contributed by atoms with Crippen molar-refractivity contribution in [3.63, 3.8) is 0 Å². The number of hydrogen-bond donors (Lipinski definition) is 0.